The number of likely N-dealkylation sites (N-methyl/N-ethyl adjacent to an activating group) is 1. The van der Waals surface area contributed by atoms with E-state index in [-0.39, 0.29) is 36.1 Å². The first kappa shape index (κ1) is 31.0. The number of halogens is 2. The van der Waals surface area contributed by atoms with E-state index in [9.17, 15) is 18.4 Å². The molecule has 0 spiro atoms. The van der Waals surface area contributed by atoms with E-state index in [4.69, 9.17) is 9.73 Å². The summed E-state index contributed by atoms with van der Waals surface area (Å²) in [5, 5.41) is 0. The van der Waals surface area contributed by atoms with Crippen LogP contribution in [0.5, 0.6) is 0 Å². The number of Topliss-reactive ketones (excluding diaryl/α,β-unsaturated/α-hetero) is 1. The summed E-state index contributed by atoms with van der Waals surface area (Å²) in [6.07, 6.45) is 13.9. The SMILES string of the molecule is CO[C@H]1CC[C@H](C2CCc3ccc(/C=C/C(=O)N(C)C)cc3N=C2[C@@H]2CCCC(=O)C/C2=C/c2ccc(F)c(F)c2)CC1. The van der Waals surface area contributed by atoms with Crippen molar-refractivity contribution in [2.75, 3.05) is 21.2 Å². The molecule has 1 unspecified atom stereocenters. The molecule has 0 N–H and O–H groups in total. The molecule has 2 fully saturated rings. The third-order valence-corrected chi connectivity index (χ3v) is 9.39. The van der Waals surface area contributed by atoms with Crippen LogP contribution in [-0.2, 0) is 20.7 Å². The number of aliphatic imine (C=N–C) groups is 1. The molecule has 43 heavy (non-hydrogen) atoms. The molecular formula is C36H42F2N2O3. The van der Waals surface area contributed by atoms with Gasteiger partial charge in [0.05, 0.1) is 11.8 Å². The summed E-state index contributed by atoms with van der Waals surface area (Å²) in [6.45, 7) is 0. The van der Waals surface area contributed by atoms with Gasteiger partial charge in [0, 0.05) is 57.7 Å². The Bertz CT molecular complexity index is 1440. The molecule has 1 aliphatic heterocycles. The molecule has 2 atom stereocenters. The zero-order valence-corrected chi connectivity index (χ0v) is 25.5. The second-order valence-electron chi connectivity index (χ2n) is 12.5. The lowest BCUT2D eigenvalue weighted by Gasteiger charge is -2.36. The quantitative estimate of drug-likeness (QED) is 0.256. The van der Waals surface area contributed by atoms with Crippen molar-refractivity contribution in [1.82, 2.24) is 4.90 Å². The Balaban J connectivity index is 1.59. The van der Waals surface area contributed by atoms with Gasteiger partial charge in [0.1, 0.15) is 5.78 Å². The summed E-state index contributed by atoms with van der Waals surface area (Å²) < 4.78 is 33.6. The average molecular weight is 589 g/mol. The minimum Gasteiger partial charge on any atom is -0.381 e. The highest BCUT2D eigenvalue weighted by molar-refractivity contribution is 5.97. The van der Waals surface area contributed by atoms with Gasteiger partial charge >= 0.3 is 0 Å². The molecule has 5 nitrogen and oxygen atoms in total. The molecule has 7 heteroatoms. The summed E-state index contributed by atoms with van der Waals surface area (Å²) in [7, 11) is 5.24. The maximum atomic E-state index is 14.2. The highest BCUT2D eigenvalue weighted by Gasteiger charge is 2.37. The Kier molecular flexibility index (Phi) is 10.0. The van der Waals surface area contributed by atoms with Gasteiger partial charge in [-0.15, -0.1) is 0 Å². The Morgan fingerprint density at radius 2 is 1.72 bits per heavy atom. The van der Waals surface area contributed by atoms with Gasteiger partial charge in [0.2, 0.25) is 5.91 Å². The van der Waals surface area contributed by atoms with E-state index in [1.165, 1.54) is 16.5 Å². The van der Waals surface area contributed by atoms with Crippen molar-refractivity contribution < 1.29 is 23.1 Å². The van der Waals surface area contributed by atoms with Crippen LogP contribution in [0.1, 0.15) is 74.5 Å². The van der Waals surface area contributed by atoms with Crippen molar-refractivity contribution in [3.63, 3.8) is 0 Å². The molecule has 0 aromatic heterocycles. The van der Waals surface area contributed by atoms with Gasteiger partial charge in [-0.3, -0.25) is 14.6 Å². The van der Waals surface area contributed by atoms with E-state index in [2.05, 4.69) is 12.1 Å². The number of hydrogen-bond donors (Lipinski definition) is 0. The van der Waals surface area contributed by atoms with Crippen LogP contribution in [0.15, 0.2) is 53.0 Å². The highest BCUT2D eigenvalue weighted by Crippen LogP contribution is 2.43. The summed E-state index contributed by atoms with van der Waals surface area (Å²) in [5.41, 5.74) is 5.58. The predicted octanol–water partition coefficient (Wildman–Crippen LogP) is 7.75. The van der Waals surface area contributed by atoms with Gasteiger partial charge in [-0.1, -0.05) is 29.8 Å². The number of allylic oxidation sites excluding steroid dienone is 1. The highest BCUT2D eigenvalue weighted by atomic mass is 19.2. The van der Waals surface area contributed by atoms with Crippen LogP contribution in [0.2, 0.25) is 0 Å². The van der Waals surface area contributed by atoms with E-state index >= 15 is 0 Å². The van der Waals surface area contributed by atoms with Crippen LogP contribution in [-0.4, -0.2) is 49.6 Å². The second kappa shape index (κ2) is 13.9. The van der Waals surface area contributed by atoms with Crippen LogP contribution in [0.25, 0.3) is 12.2 Å². The number of fused-ring (bicyclic) bond motifs is 1. The lowest BCUT2D eigenvalue weighted by atomic mass is 9.70. The predicted molar refractivity (Wildman–Crippen MR) is 167 cm³/mol. The number of nitrogens with zero attached hydrogens (tertiary/aromatic N) is 2. The van der Waals surface area contributed by atoms with Crippen molar-refractivity contribution in [3.05, 3.63) is 76.4 Å². The standard InChI is InChI=1S/C36H42F2N2O3/c1-40(2)35(42)18-9-23-7-10-26-13-16-31(25-11-14-29(43-3)15-12-25)36(39-34(26)21-23)30-6-4-5-28(41)22-27(30)19-24-8-17-32(37)33(38)20-24/h7-10,17-21,25,29-31H,4-6,11-16,22H2,1-3H3/b18-9+,27-19-/t25-,29-,30-,31?/m1/s1. The normalized spacial score (nSPS) is 25.7. The first-order chi connectivity index (χ1) is 20.7. The number of carbonyl (C=O) groups excluding carboxylic acids is 2. The second-order valence-corrected chi connectivity index (χ2v) is 12.5. The molecule has 1 amide bonds. The van der Waals surface area contributed by atoms with Crippen LogP contribution < -0.4 is 0 Å². The Hall–Kier alpha value is -3.45. The fourth-order valence-corrected chi connectivity index (χ4v) is 6.97. The molecule has 0 radical (unpaired) electrons. The van der Waals surface area contributed by atoms with E-state index < -0.39 is 11.6 Å². The molecule has 5 rings (SSSR count). The van der Waals surface area contributed by atoms with Crippen molar-refractivity contribution in [2.45, 2.75) is 70.3 Å². The molecule has 2 saturated carbocycles. The van der Waals surface area contributed by atoms with E-state index in [1.807, 2.05) is 18.2 Å². The van der Waals surface area contributed by atoms with Crippen LogP contribution in [0, 0.1) is 29.4 Å². The van der Waals surface area contributed by atoms with Gasteiger partial charge in [-0.25, -0.2) is 8.78 Å². The molecule has 2 aromatic rings. The summed E-state index contributed by atoms with van der Waals surface area (Å²) in [5.74, 6) is -1.06. The lowest BCUT2D eigenvalue weighted by Crippen LogP contribution is -2.34. The summed E-state index contributed by atoms with van der Waals surface area (Å²) >= 11 is 0. The number of carbonyl (C=O) groups is 2. The third-order valence-electron chi connectivity index (χ3n) is 9.39. The van der Waals surface area contributed by atoms with E-state index in [1.54, 1.807) is 33.3 Å². The largest absolute Gasteiger partial charge is 0.381 e. The minimum absolute atomic E-state index is 0.0646. The first-order valence-electron chi connectivity index (χ1n) is 15.5. The van der Waals surface area contributed by atoms with Crippen LogP contribution in [0.4, 0.5) is 14.5 Å². The number of hydrogen-bond acceptors (Lipinski definition) is 4. The molecular weight excluding hydrogens is 546 g/mol. The maximum absolute atomic E-state index is 14.2. The van der Waals surface area contributed by atoms with Crippen molar-refractivity contribution in [3.8, 4) is 0 Å². The number of ketones is 1. The van der Waals surface area contributed by atoms with Gasteiger partial charge in [-0.2, -0.15) is 0 Å². The van der Waals surface area contributed by atoms with Crippen LogP contribution >= 0.6 is 0 Å². The molecule has 1 heterocycles. The average Bonchev–Trinajstić information content (AvgIpc) is 3.30. The molecule has 2 aromatic carbocycles. The van der Waals surface area contributed by atoms with Crippen molar-refractivity contribution in [1.29, 1.82) is 0 Å². The van der Waals surface area contributed by atoms with Crippen LogP contribution in [0.3, 0.4) is 0 Å². The van der Waals surface area contributed by atoms with Crippen molar-refractivity contribution in [2.24, 2.45) is 22.7 Å². The Labute approximate surface area is 253 Å². The molecule has 228 valence electrons. The molecule has 0 bridgehead atoms. The lowest BCUT2D eigenvalue weighted by molar-refractivity contribution is -0.123. The number of aryl methyl sites for hydroxylation is 1. The van der Waals surface area contributed by atoms with E-state index in [0.29, 0.717) is 17.9 Å². The summed E-state index contributed by atoms with van der Waals surface area (Å²) in [6, 6.07) is 10.1. The van der Waals surface area contributed by atoms with Gasteiger partial charge in [-0.05, 0) is 98.2 Å². The van der Waals surface area contributed by atoms with Gasteiger partial charge in [0.15, 0.2) is 11.6 Å². The Morgan fingerprint density at radius 1 is 0.953 bits per heavy atom. The molecule has 2 aliphatic carbocycles. The topological polar surface area (TPSA) is 59.0 Å². The fourth-order valence-electron chi connectivity index (χ4n) is 6.97. The first-order valence-corrected chi connectivity index (χ1v) is 15.5. The maximum Gasteiger partial charge on any atom is 0.246 e. The smallest absolute Gasteiger partial charge is 0.246 e. The monoisotopic (exact) mass is 588 g/mol. The molecule has 3 aliphatic rings. The number of methoxy groups -OCH3 is 1. The number of rotatable bonds is 6. The number of ether oxygens (including phenoxy) is 1. The third kappa shape index (κ3) is 7.56. The number of benzene rings is 2. The van der Waals surface area contributed by atoms with E-state index in [0.717, 1.165) is 80.0 Å². The number of amides is 1. The fraction of sp³-hybridized carbons (Fsp3) is 0.472. The zero-order chi connectivity index (χ0) is 30.5. The zero-order valence-electron chi connectivity index (χ0n) is 25.5. The van der Waals surface area contributed by atoms with Gasteiger partial charge in [0.25, 0.3) is 0 Å². The Morgan fingerprint density at radius 3 is 2.44 bits per heavy atom. The molecule has 0 saturated heterocycles. The minimum atomic E-state index is -0.896. The summed E-state index contributed by atoms with van der Waals surface area (Å²) in [4.78, 5) is 32.1. The van der Waals surface area contributed by atoms with Crippen molar-refractivity contribution >= 4 is 35.2 Å². The van der Waals surface area contributed by atoms with Gasteiger partial charge < -0.3 is 9.64 Å².